The number of aromatic amines is 1. The van der Waals surface area contributed by atoms with Crippen LogP contribution in [-0.4, -0.2) is 19.9 Å². The van der Waals surface area contributed by atoms with Gasteiger partial charge in [-0.3, -0.25) is 0 Å². The van der Waals surface area contributed by atoms with Gasteiger partial charge >= 0.3 is 0 Å². The van der Waals surface area contributed by atoms with Gasteiger partial charge in [0, 0.05) is 5.56 Å². The van der Waals surface area contributed by atoms with Crippen molar-refractivity contribution in [2.24, 2.45) is 0 Å². The first-order valence-corrected chi connectivity index (χ1v) is 4.93. The second-order valence-electron chi connectivity index (χ2n) is 3.41. The van der Waals surface area contributed by atoms with Crippen LogP contribution in [0, 0.1) is 0 Å². The fourth-order valence-corrected chi connectivity index (χ4v) is 1.45. The molecule has 0 atom stereocenters. The molecule has 17 heavy (non-hydrogen) atoms. The zero-order chi connectivity index (χ0) is 11.7. The van der Waals surface area contributed by atoms with E-state index in [4.69, 9.17) is 14.9 Å². The molecule has 0 radical (unpaired) electrons. The molecule has 86 valence electrons. The number of nitrogens with zero attached hydrogens (tertiary/aromatic N) is 3. The first-order valence-electron chi connectivity index (χ1n) is 4.93. The number of fused-ring (bicyclic) bond motifs is 1. The molecule has 0 fully saturated rings. The van der Waals surface area contributed by atoms with E-state index in [0.29, 0.717) is 23.7 Å². The van der Waals surface area contributed by atoms with Crippen LogP contribution in [0.4, 0.5) is 5.95 Å². The number of rotatable bonds is 3. The number of hydrogen-bond donors (Lipinski definition) is 2. The molecule has 7 heteroatoms. The molecular weight excluding hydrogens is 222 g/mol. The molecule has 3 N–H and O–H groups in total. The highest BCUT2D eigenvalue weighted by Crippen LogP contribution is 2.20. The van der Waals surface area contributed by atoms with Gasteiger partial charge < -0.3 is 19.9 Å². The Hall–Kier alpha value is -2.57. The topological polar surface area (TPSA) is 103 Å². The number of nitrogens with two attached hydrogens (primary N) is 1. The third-order valence-corrected chi connectivity index (χ3v) is 2.23. The molecule has 0 bridgehead atoms. The highest BCUT2D eigenvalue weighted by molar-refractivity contribution is 5.76. The Bertz CT molecular complexity index is 631. The maximum Gasteiger partial charge on any atom is 0.245 e. The van der Waals surface area contributed by atoms with Crippen molar-refractivity contribution in [1.29, 1.82) is 0 Å². The molecule has 3 aromatic rings. The predicted octanol–water partition coefficient (Wildman–Crippen LogP) is 1.11. The Morgan fingerprint density at radius 2 is 2.35 bits per heavy atom. The van der Waals surface area contributed by atoms with Crippen LogP contribution in [0.15, 0.2) is 29.3 Å². The Kier molecular flexibility index (Phi) is 2.14. The zero-order valence-electron chi connectivity index (χ0n) is 8.75. The number of anilines is 1. The normalized spacial score (nSPS) is 10.8. The quantitative estimate of drug-likeness (QED) is 0.699. The summed E-state index contributed by atoms with van der Waals surface area (Å²) in [5, 5.41) is 0. The lowest BCUT2D eigenvalue weighted by Crippen LogP contribution is -2.01. The molecule has 0 unspecified atom stereocenters. The van der Waals surface area contributed by atoms with Crippen molar-refractivity contribution in [1.82, 2.24) is 19.9 Å². The summed E-state index contributed by atoms with van der Waals surface area (Å²) in [6.45, 7) is 0.348. The summed E-state index contributed by atoms with van der Waals surface area (Å²) in [5.41, 5.74) is 7.58. The number of nitrogen functional groups attached to an aromatic ring is 1. The van der Waals surface area contributed by atoms with E-state index in [1.807, 2.05) is 6.07 Å². The van der Waals surface area contributed by atoms with E-state index >= 15 is 0 Å². The second kappa shape index (κ2) is 3.78. The van der Waals surface area contributed by atoms with Crippen LogP contribution in [0.2, 0.25) is 0 Å². The Morgan fingerprint density at radius 1 is 1.41 bits per heavy atom. The smallest absolute Gasteiger partial charge is 0.245 e. The minimum absolute atomic E-state index is 0.131. The molecule has 3 rings (SSSR count). The van der Waals surface area contributed by atoms with E-state index in [2.05, 4.69) is 19.9 Å². The number of ether oxygens (including phenoxy) is 1. The largest absolute Gasteiger partial charge is 0.472 e. The van der Waals surface area contributed by atoms with E-state index in [1.54, 1.807) is 12.5 Å². The van der Waals surface area contributed by atoms with Crippen LogP contribution < -0.4 is 10.5 Å². The van der Waals surface area contributed by atoms with Crippen molar-refractivity contribution in [3.63, 3.8) is 0 Å². The van der Waals surface area contributed by atoms with Gasteiger partial charge in [0.25, 0.3) is 0 Å². The van der Waals surface area contributed by atoms with E-state index in [1.165, 1.54) is 6.33 Å². The van der Waals surface area contributed by atoms with Crippen molar-refractivity contribution in [2.45, 2.75) is 6.61 Å². The fraction of sp³-hybridized carbons (Fsp3) is 0.100. The highest BCUT2D eigenvalue weighted by Gasteiger charge is 2.09. The van der Waals surface area contributed by atoms with Gasteiger partial charge in [0.2, 0.25) is 11.8 Å². The Morgan fingerprint density at radius 3 is 3.18 bits per heavy atom. The molecule has 0 aliphatic carbocycles. The first-order chi connectivity index (χ1) is 8.33. The molecule has 7 nitrogen and oxygen atoms in total. The maximum absolute atomic E-state index is 5.56. The predicted molar refractivity (Wildman–Crippen MR) is 59.1 cm³/mol. The van der Waals surface area contributed by atoms with Gasteiger partial charge in [-0.05, 0) is 6.07 Å². The summed E-state index contributed by atoms with van der Waals surface area (Å²) in [5.74, 6) is 0.512. The lowest BCUT2D eigenvalue weighted by atomic mass is 10.4. The van der Waals surface area contributed by atoms with Gasteiger partial charge in [-0.1, -0.05) is 0 Å². The third-order valence-electron chi connectivity index (χ3n) is 2.23. The molecular formula is C10H9N5O2. The zero-order valence-corrected chi connectivity index (χ0v) is 8.75. The molecule has 0 saturated heterocycles. The van der Waals surface area contributed by atoms with Gasteiger partial charge in [0.15, 0.2) is 5.65 Å². The summed E-state index contributed by atoms with van der Waals surface area (Å²) in [6, 6.07) is 1.81. The van der Waals surface area contributed by atoms with E-state index in [9.17, 15) is 0 Å². The van der Waals surface area contributed by atoms with Crippen LogP contribution in [0.25, 0.3) is 11.2 Å². The number of H-pyrrole nitrogens is 1. The average Bonchev–Trinajstić information content (AvgIpc) is 2.95. The van der Waals surface area contributed by atoms with E-state index in [0.717, 1.165) is 5.56 Å². The summed E-state index contributed by atoms with van der Waals surface area (Å²) >= 11 is 0. The highest BCUT2D eigenvalue weighted by atomic mass is 16.5. The summed E-state index contributed by atoms with van der Waals surface area (Å²) < 4.78 is 10.5. The third kappa shape index (κ3) is 1.78. The minimum atomic E-state index is 0.131. The van der Waals surface area contributed by atoms with Crippen molar-refractivity contribution < 1.29 is 9.15 Å². The minimum Gasteiger partial charge on any atom is -0.472 e. The van der Waals surface area contributed by atoms with Gasteiger partial charge in [-0.15, -0.1) is 0 Å². The molecule has 3 aromatic heterocycles. The lowest BCUT2D eigenvalue weighted by Gasteiger charge is -2.04. The summed E-state index contributed by atoms with van der Waals surface area (Å²) in [6.07, 6.45) is 4.71. The fourth-order valence-electron chi connectivity index (χ4n) is 1.45. The Balaban J connectivity index is 1.91. The summed E-state index contributed by atoms with van der Waals surface area (Å²) in [4.78, 5) is 14.9. The van der Waals surface area contributed by atoms with E-state index < -0.39 is 0 Å². The van der Waals surface area contributed by atoms with Crippen molar-refractivity contribution >= 4 is 17.1 Å². The monoisotopic (exact) mass is 231 g/mol. The molecule has 0 spiro atoms. The van der Waals surface area contributed by atoms with Gasteiger partial charge in [-0.2, -0.15) is 9.97 Å². The number of imidazole rings is 1. The van der Waals surface area contributed by atoms with Crippen molar-refractivity contribution in [2.75, 3.05) is 5.73 Å². The molecule has 0 aliphatic rings. The van der Waals surface area contributed by atoms with Crippen molar-refractivity contribution in [3.05, 3.63) is 30.5 Å². The standard InChI is InChI=1S/C10H9N5O2/c11-10-14-8-7(12-5-13-8)9(15-10)17-4-6-1-2-16-3-6/h1-3,5H,4H2,(H3,11,12,13,14,15). The van der Waals surface area contributed by atoms with Crippen molar-refractivity contribution in [3.8, 4) is 5.88 Å². The average molecular weight is 231 g/mol. The lowest BCUT2D eigenvalue weighted by molar-refractivity contribution is 0.296. The maximum atomic E-state index is 5.56. The molecule has 0 saturated carbocycles. The molecule has 3 heterocycles. The van der Waals surface area contributed by atoms with Crippen LogP contribution in [0.3, 0.4) is 0 Å². The van der Waals surface area contributed by atoms with Crippen LogP contribution >= 0.6 is 0 Å². The number of hydrogen-bond acceptors (Lipinski definition) is 6. The summed E-state index contributed by atoms with van der Waals surface area (Å²) in [7, 11) is 0. The second-order valence-corrected chi connectivity index (χ2v) is 3.41. The SMILES string of the molecule is Nc1nc(OCc2ccoc2)c2[nH]cnc2n1. The van der Waals surface area contributed by atoms with E-state index in [-0.39, 0.29) is 5.95 Å². The first kappa shape index (κ1) is 9.64. The Labute approximate surface area is 95.7 Å². The number of nitrogens with one attached hydrogen (secondary N) is 1. The van der Waals surface area contributed by atoms with Crippen LogP contribution in [-0.2, 0) is 6.61 Å². The number of furan rings is 1. The van der Waals surface area contributed by atoms with Gasteiger partial charge in [0.05, 0.1) is 18.9 Å². The van der Waals surface area contributed by atoms with Crippen LogP contribution in [0.5, 0.6) is 5.88 Å². The van der Waals surface area contributed by atoms with Gasteiger partial charge in [0.1, 0.15) is 12.1 Å². The molecule has 0 aliphatic heterocycles. The number of aromatic nitrogens is 4. The van der Waals surface area contributed by atoms with Crippen LogP contribution in [0.1, 0.15) is 5.56 Å². The molecule has 0 aromatic carbocycles. The molecule has 0 amide bonds. The van der Waals surface area contributed by atoms with Gasteiger partial charge in [-0.25, -0.2) is 4.98 Å².